The summed E-state index contributed by atoms with van der Waals surface area (Å²) in [5.74, 6) is 0.0421. The van der Waals surface area contributed by atoms with Crippen LogP contribution in [0.3, 0.4) is 0 Å². The van der Waals surface area contributed by atoms with Crippen LogP contribution in [0.15, 0.2) is 0 Å². The first-order valence-electron chi connectivity index (χ1n) is 6.65. The van der Waals surface area contributed by atoms with Gasteiger partial charge in [-0.3, -0.25) is 10.1 Å². The number of anilines is 1. The van der Waals surface area contributed by atoms with Crippen molar-refractivity contribution in [1.29, 1.82) is 5.26 Å². The molecule has 1 aliphatic heterocycles. The molecule has 0 spiro atoms. The molecule has 1 aromatic heterocycles. The average molecular weight is 341 g/mol. The number of hydrogen-bond donors (Lipinski definition) is 1. The van der Waals surface area contributed by atoms with Gasteiger partial charge in [-0.2, -0.15) is 10.2 Å². The van der Waals surface area contributed by atoms with Crippen LogP contribution in [-0.2, 0) is 0 Å². The Bertz CT molecular complexity index is 691. The van der Waals surface area contributed by atoms with Crippen molar-refractivity contribution >= 4 is 29.2 Å². The first-order valence-corrected chi connectivity index (χ1v) is 7.03. The summed E-state index contributed by atoms with van der Waals surface area (Å²) in [7, 11) is 0. The number of rotatable bonds is 3. The number of amides is 1. The lowest BCUT2D eigenvalue weighted by molar-refractivity contribution is -0.385. The SMILES string of the molecule is Cc1nc(Cl)nc(N2CCN(C(=O)O)[C@@H](CC#N)C2)c1[N+](=O)[O-]. The Kier molecular flexibility index (Phi) is 4.80. The van der Waals surface area contributed by atoms with Gasteiger partial charge in [0.2, 0.25) is 11.1 Å². The van der Waals surface area contributed by atoms with Crippen LogP contribution < -0.4 is 4.90 Å². The lowest BCUT2D eigenvalue weighted by Gasteiger charge is -2.39. The van der Waals surface area contributed by atoms with Crippen LogP contribution in [0.2, 0.25) is 5.28 Å². The molecule has 2 rings (SSSR count). The van der Waals surface area contributed by atoms with E-state index >= 15 is 0 Å². The summed E-state index contributed by atoms with van der Waals surface area (Å²) >= 11 is 5.79. The highest BCUT2D eigenvalue weighted by atomic mass is 35.5. The van der Waals surface area contributed by atoms with Crippen molar-refractivity contribution in [2.24, 2.45) is 0 Å². The zero-order valence-electron chi connectivity index (χ0n) is 12.1. The zero-order valence-corrected chi connectivity index (χ0v) is 12.9. The van der Waals surface area contributed by atoms with Crippen molar-refractivity contribution in [3.05, 3.63) is 21.1 Å². The van der Waals surface area contributed by atoms with Gasteiger partial charge in [0.25, 0.3) is 0 Å². The van der Waals surface area contributed by atoms with E-state index in [4.69, 9.17) is 22.0 Å². The van der Waals surface area contributed by atoms with Gasteiger partial charge in [0.1, 0.15) is 5.69 Å². The quantitative estimate of drug-likeness (QED) is 0.495. The van der Waals surface area contributed by atoms with Gasteiger partial charge in [-0.15, -0.1) is 0 Å². The smallest absolute Gasteiger partial charge is 0.407 e. The number of halogens is 1. The van der Waals surface area contributed by atoms with Gasteiger partial charge in [0, 0.05) is 19.6 Å². The molecule has 0 saturated carbocycles. The number of carbonyl (C=O) groups is 1. The van der Waals surface area contributed by atoms with E-state index in [2.05, 4.69) is 9.97 Å². The molecule has 23 heavy (non-hydrogen) atoms. The molecule has 1 saturated heterocycles. The Morgan fingerprint density at radius 3 is 2.83 bits per heavy atom. The number of hydrogen-bond acceptors (Lipinski definition) is 7. The highest BCUT2D eigenvalue weighted by Crippen LogP contribution is 2.31. The van der Waals surface area contributed by atoms with E-state index in [1.54, 1.807) is 4.90 Å². The van der Waals surface area contributed by atoms with E-state index < -0.39 is 17.1 Å². The van der Waals surface area contributed by atoms with Gasteiger partial charge in [0.05, 0.1) is 23.5 Å². The predicted molar refractivity (Wildman–Crippen MR) is 79.4 cm³/mol. The molecule has 0 radical (unpaired) electrons. The molecule has 1 atom stereocenters. The third-order valence-corrected chi connectivity index (χ3v) is 3.72. The van der Waals surface area contributed by atoms with Gasteiger partial charge in [-0.05, 0) is 18.5 Å². The maximum absolute atomic E-state index is 11.3. The molecule has 1 aromatic rings. The van der Waals surface area contributed by atoms with Crippen LogP contribution in [0.1, 0.15) is 12.1 Å². The topological polar surface area (TPSA) is 136 Å². The summed E-state index contributed by atoms with van der Waals surface area (Å²) in [5.41, 5.74) is -0.142. The first-order chi connectivity index (χ1) is 10.8. The minimum Gasteiger partial charge on any atom is -0.465 e. The minimum absolute atomic E-state index is 0.0194. The summed E-state index contributed by atoms with van der Waals surface area (Å²) in [6.45, 7) is 1.89. The van der Waals surface area contributed by atoms with Gasteiger partial charge in [-0.1, -0.05) is 0 Å². The lowest BCUT2D eigenvalue weighted by Crippen LogP contribution is -2.55. The maximum Gasteiger partial charge on any atom is 0.407 e. The van der Waals surface area contributed by atoms with E-state index in [0.29, 0.717) is 0 Å². The summed E-state index contributed by atoms with van der Waals surface area (Å²) in [6, 6.07) is 1.33. The summed E-state index contributed by atoms with van der Waals surface area (Å²) < 4.78 is 0. The van der Waals surface area contributed by atoms with Crippen molar-refractivity contribution < 1.29 is 14.8 Å². The molecule has 122 valence electrons. The average Bonchev–Trinajstić information content (AvgIpc) is 2.45. The minimum atomic E-state index is -1.13. The normalized spacial score (nSPS) is 17.7. The number of aryl methyl sites for hydroxylation is 1. The van der Waals surface area contributed by atoms with Gasteiger partial charge >= 0.3 is 11.8 Å². The molecule has 10 nitrogen and oxygen atoms in total. The highest BCUT2D eigenvalue weighted by Gasteiger charge is 2.34. The second-order valence-corrected chi connectivity index (χ2v) is 5.28. The fourth-order valence-electron chi connectivity index (χ4n) is 2.53. The van der Waals surface area contributed by atoms with E-state index in [9.17, 15) is 14.9 Å². The molecule has 1 amide bonds. The zero-order chi connectivity index (χ0) is 17.1. The molecule has 0 aliphatic carbocycles. The van der Waals surface area contributed by atoms with Crippen LogP contribution in [0, 0.1) is 28.4 Å². The fourth-order valence-corrected chi connectivity index (χ4v) is 2.74. The number of nitriles is 1. The molecule has 1 N–H and O–H groups in total. The molecule has 1 aliphatic rings. The van der Waals surface area contributed by atoms with Gasteiger partial charge < -0.3 is 14.9 Å². The van der Waals surface area contributed by atoms with E-state index in [0.717, 1.165) is 4.90 Å². The number of nitro groups is 1. The summed E-state index contributed by atoms with van der Waals surface area (Å²) in [5, 5.41) is 29.2. The van der Waals surface area contributed by atoms with Crippen molar-refractivity contribution in [3.63, 3.8) is 0 Å². The Balaban J connectivity index is 2.38. The number of carboxylic acid groups (broad SMARTS) is 1. The van der Waals surface area contributed by atoms with E-state index in [-0.39, 0.29) is 48.5 Å². The van der Waals surface area contributed by atoms with Gasteiger partial charge in [0.15, 0.2) is 0 Å². The van der Waals surface area contributed by atoms with Crippen molar-refractivity contribution in [2.75, 3.05) is 24.5 Å². The predicted octanol–water partition coefficient (Wildman–Crippen LogP) is 1.43. The largest absolute Gasteiger partial charge is 0.465 e. The standard InChI is InChI=1S/C12H13ClN6O4/c1-7-9(19(22)23)10(16-11(13)15-7)17-4-5-18(12(20)21)8(6-17)2-3-14/h8H,2,4-6H2,1H3,(H,20,21)/t8-/m0/s1. The first kappa shape index (κ1) is 16.7. The highest BCUT2D eigenvalue weighted by molar-refractivity contribution is 6.28. The van der Waals surface area contributed by atoms with Crippen LogP contribution in [0.5, 0.6) is 0 Å². The van der Waals surface area contributed by atoms with Crippen LogP contribution in [-0.4, -0.2) is 56.7 Å². The maximum atomic E-state index is 11.3. The molecule has 11 heteroatoms. The Morgan fingerprint density at radius 1 is 1.57 bits per heavy atom. The van der Waals surface area contributed by atoms with E-state index in [1.165, 1.54) is 6.92 Å². The van der Waals surface area contributed by atoms with Crippen molar-refractivity contribution in [2.45, 2.75) is 19.4 Å². The second kappa shape index (κ2) is 6.62. The molecular formula is C12H13ClN6O4. The molecule has 2 heterocycles. The van der Waals surface area contributed by atoms with Crippen LogP contribution in [0.25, 0.3) is 0 Å². The number of aromatic nitrogens is 2. The second-order valence-electron chi connectivity index (χ2n) is 4.95. The van der Waals surface area contributed by atoms with Crippen molar-refractivity contribution in [3.8, 4) is 6.07 Å². The Labute approximate surface area is 136 Å². The van der Waals surface area contributed by atoms with E-state index in [1.807, 2.05) is 6.07 Å². The van der Waals surface area contributed by atoms with Crippen molar-refractivity contribution in [1.82, 2.24) is 14.9 Å². The molecular weight excluding hydrogens is 328 g/mol. The fraction of sp³-hybridized carbons (Fsp3) is 0.500. The molecule has 0 unspecified atom stereocenters. The van der Waals surface area contributed by atoms with Crippen LogP contribution in [0.4, 0.5) is 16.3 Å². The summed E-state index contributed by atoms with van der Waals surface area (Å²) in [6.07, 6.45) is -1.15. The monoisotopic (exact) mass is 340 g/mol. The number of nitrogens with zero attached hydrogens (tertiary/aromatic N) is 6. The Hall–Kier alpha value is -2.67. The summed E-state index contributed by atoms with van der Waals surface area (Å²) in [4.78, 5) is 32.3. The molecule has 1 fully saturated rings. The third kappa shape index (κ3) is 3.40. The van der Waals surface area contributed by atoms with Gasteiger partial charge in [-0.25, -0.2) is 9.78 Å². The molecule has 0 aromatic carbocycles. The lowest BCUT2D eigenvalue weighted by atomic mass is 10.1. The third-order valence-electron chi connectivity index (χ3n) is 3.55. The Morgan fingerprint density at radius 2 is 2.26 bits per heavy atom. The number of piperazine rings is 1. The van der Waals surface area contributed by atoms with Crippen LogP contribution >= 0.6 is 11.6 Å². The molecule has 0 bridgehead atoms.